The van der Waals surface area contributed by atoms with Gasteiger partial charge in [-0.25, -0.2) is 0 Å². The molecule has 1 aliphatic rings. The normalized spacial score (nSPS) is 32.1. The van der Waals surface area contributed by atoms with Gasteiger partial charge in [0.2, 0.25) is 5.91 Å². The van der Waals surface area contributed by atoms with E-state index in [-0.39, 0.29) is 0 Å². The van der Waals surface area contributed by atoms with E-state index in [4.69, 9.17) is 20.1 Å². The van der Waals surface area contributed by atoms with Crippen molar-refractivity contribution in [3.8, 4) is 0 Å². The zero-order valence-corrected chi connectivity index (χ0v) is 12.2. The number of carboxylic acids is 2. The minimum absolute atomic E-state index is 0.579. The molecule has 0 aromatic heterocycles. The lowest BCUT2D eigenvalue weighted by Crippen LogP contribution is -2.69. The molecule has 11 nitrogen and oxygen atoms in total. The van der Waals surface area contributed by atoms with E-state index in [9.17, 15) is 24.6 Å². The average Bonchev–Trinajstić information content (AvgIpc) is 2.44. The Hall–Kier alpha value is -1.79. The van der Waals surface area contributed by atoms with E-state index in [0.29, 0.717) is 0 Å². The van der Waals surface area contributed by atoms with Crippen LogP contribution in [0.4, 0.5) is 0 Å². The van der Waals surface area contributed by atoms with Crippen molar-refractivity contribution in [1.82, 2.24) is 10.6 Å². The first kappa shape index (κ1) is 19.3. The lowest BCUT2D eigenvalue weighted by molar-refractivity contribution is -0.205. The first-order valence-corrected chi connectivity index (χ1v) is 6.77. The second kappa shape index (κ2) is 8.17. The molecule has 1 amide bonds. The minimum atomic E-state index is -1.56. The maximum atomic E-state index is 11.2. The van der Waals surface area contributed by atoms with Crippen LogP contribution < -0.4 is 10.6 Å². The molecule has 0 bridgehead atoms. The van der Waals surface area contributed by atoms with Gasteiger partial charge in [0.1, 0.15) is 30.6 Å². The van der Waals surface area contributed by atoms with E-state index in [2.05, 4.69) is 10.6 Å². The number of aliphatic hydroxyl groups is 3. The molecule has 23 heavy (non-hydrogen) atoms. The van der Waals surface area contributed by atoms with Gasteiger partial charge in [-0.15, -0.1) is 0 Å². The Balaban J connectivity index is 2.97. The Morgan fingerprint density at radius 1 is 1.17 bits per heavy atom. The maximum Gasteiger partial charge on any atom is 0.321 e. The molecule has 1 rings (SSSR count). The van der Waals surface area contributed by atoms with Gasteiger partial charge >= 0.3 is 11.9 Å². The van der Waals surface area contributed by atoms with Gasteiger partial charge in [0.05, 0.1) is 19.1 Å². The predicted molar refractivity (Wildman–Crippen MR) is 72.2 cm³/mol. The summed E-state index contributed by atoms with van der Waals surface area (Å²) >= 11 is 0. The standard InChI is InChI=1S/C12H20N2O9/c1-4(16)13-8-10(20)9(19)6(3-15)23-11(8)14-5(12(21)22)2-7(17)18/h5-6,8-11,14-15,19-20H,2-3H2,1H3,(H,13,16)(H,17,18)(H,21,22)/t5-,6+,8+,9+,10+,11?/m0/s1. The third-order valence-electron chi connectivity index (χ3n) is 3.34. The number of ether oxygens (including phenoxy) is 1. The Morgan fingerprint density at radius 3 is 2.22 bits per heavy atom. The molecule has 132 valence electrons. The largest absolute Gasteiger partial charge is 0.481 e. The van der Waals surface area contributed by atoms with Crippen molar-refractivity contribution >= 4 is 17.8 Å². The fourth-order valence-electron chi connectivity index (χ4n) is 2.25. The molecular formula is C12H20N2O9. The van der Waals surface area contributed by atoms with Crippen molar-refractivity contribution in [3.05, 3.63) is 0 Å². The highest BCUT2D eigenvalue weighted by molar-refractivity contribution is 5.80. The number of rotatable bonds is 7. The molecule has 0 aromatic rings. The van der Waals surface area contributed by atoms with E-state index >= 15 is 0 Å². The second-order valence-electron chi connectivity index (χ2n) is 5.14. The van der Waals surface area contributed by atoms with Gasteiger partial charge in [-0.2, -0.15) is 0 Å². The van der Waals surface area contributed by atoms with Crippen LogP contribution >= 0.6 is 0 Å². The number of nitrogens with one attached hydrogen (secondary N) is 2. The number of carboxylic acid groups (broad SMARTS) is 2. The van der Waals surface area contributed by atoms with Gasteiger partial charge in [-0.05, 0) is 0 Å². The lowest BCUT2D eigenvalue weighted by Gasteiger charge is -2.43. The van der Waals surface area contributed by atoms with E-state index in [1.807, 2.05) is 0 Å². The van der Waals surface area contributed by atoms with Crippen LogP contribution in [0.25, 0.3) is 0 Å². The van der Waals surface area contributed by atoms with Crippen LogP contribution in [0.15, 0.2) is 0 Å². The molecule has 1 unspecified atom stereocenters. The molecule has 1 aliphatic heterocycles. The highest BCUT2D eigenvalue weighted by Crippen LogP contribution is 2.20. The highest BCUT2D eigenvalue weighted by Gasteiger charge is 2.45. The summed E-state index contributed by atoms with van der Waals surface area (Å²) in [6.45, 7) is 0.472. The zero-order valence-electron chi connectivity index (χ0n) is 12.2. The smallest absolute Gasteiger partial charge is 0.321 e. The number of carbonyl (C=O) groups excluding carboxylic acids is 1. The monoisotopic (exact) mass is 336 g/mol. The van der Waals surface area contributed by atoms with Crippen molar-refractivity contribution < 1.29 is 44.7 Å². The zero-order chi connectivity index (χ0) is 17.7. The van der Waals surface area contributed by atoms with Gasteiger partial charge < -0.3 is 35.6 Å². The van der Waals surface area contributed by atoms with E-state index in [0.717, 1.165) is 6.92 Å². The topological polar surface area (TPSA) is 186 Å². The van der Waals surface area contributed by atoms with E-state index < -0.39 is 67.5 Å². The Kier molecular flexibility index (Phi) is 6.84. The average molecular weight is 336 g/mol. The quantitative estimate of drug-likeness (QED) is 0.245. The summed E-state index contributed by atoms with van der Waals surface area (Å²) in [5.74, 6) is -3.43. The van der Waals surface area contributed by atoms with Gasteiger partial charge in [0.25, 0.3) is 0 Å². The molecule has 0 radical (unpaired) electrons. The molecule has 1 fully saturated rings. The van der Waals surface area contributed by atoms with Crippen molar-refractivity contribution in [2.24, 2.45) is 0 Å². The Morgan fingerprint density at radius 2 is 1.78 bits per heavy atom. The first-order chi connectivity index (χ1) is 10.7. The van der Waals surface area contributed by atoms with Gasteiger partial charge in [-0.3, -0.25) is 19.7 Å². The van der Waals surface area contributed by atoms with Crippen molar-refractivity contribution in [2.75, 3.05) is 6.61 Å². The summed E-state index contributed by atoms with van der Waals surface area (Å²) in [6.07, 6.45) is -6.40. The molecular weight excluding hydrogens is 316 g/mol. The number of hydrogen-bond acceptors (Lipinski definition) is 8. The predicted octanol–water partition coefficient (Wildman–Crippen LogP) is -3.55. The molecule has 1 heterocycles. The number of carbonyl (C=O) groups is 3. The second-order valence-corrected chi connectivity index (χ2v) is 5.14. The van der Waals surface area contributed by atoms with Crippen molar-refractivity contribution in [2.45, 2.75) is 50.0 Å². The minimum Gasteiger partial charge on any atom is -0.481 e. The summed E-state index contributed by atoms with van der Waals surface area (Å²) in [4.78, 5) is 33.0. The van der Waals surface area contributed by atoms with Crippen LogP contribution in [0, 0.1) is 0 Å². The van der Waals surface area contributed by atoms with Crippen LogP contribution in [-0.4, -0.2) is 86.6 Å². The summed E-state index contributed by atoms with van der Waals surface area (Å²) in [7, 11) is 0. The van der Waals surface area contributed by atoms with Crippen LogP contribution in [0.2, 0.25) is 0 Å². The first-order valence-electron chi connectivity index (χ1n) is 6.77. The van der Waals surface area contributed by atoms with E-state index in [1.165, 1.54) is 0 Å². The molecule has 7 N–H and O–H groups in total. The number of amides is 1. The number of hydrogen-bond donors (Lipinski definition) is 7. The summed E-state index contributed by atoms with van der Waals surface area (Å²) < 4.78 is 5.25. The third-order valence-corrected chi connectivity index (χ3v) is 3.34. The summed E-state index contributed by atoms with van der Waals surface area (Å²) in [5.41, 5.74) is 0. The van der Waals surface area contributed by atoms with Crippen molar-refractivity contribution in [1.29, 1.82) is 0 Å². The summed E-state index contributed by atoms with van der Waals surface area (Å²) in [6, 6.07) is -2.79. The molecule has 0 aliphatic carbocycles. The Bertz CT molecular complexity index is 458. The van der Waals surface area contributed by atoms with Gasteiger partial charge in [0.15, 0.2) is 0 Å². The summed E-state index contributed by atoms with van der Waals surface area (Å²) in [5, 5.41) is 51.4. The van der Waals surface area contributed by atoms with Crippen LogP contribution in [0.5, 0.6) is 0 Å². The molecule has 0 saturated carbocycles. The van der Waals surface area contributed by atoms with Crippen LogP contribution in [0.3, 0.4) is 0 Å². The van der Waals surface area contributed by atoms with Gasteiger partial charge in [-0.1, -0.05) is 0 Å². The molecule has 11 heteroatoms. The maximum absolute atomic E-state index is 11.2. The number of aliphatic carboxylic acids is 2. The number of aliphatic hydroxyl groups excluding tert-OH is 3. The Labute approximate surface area is 130 Å². The van der Waals surface area contributed by atoms with E-state index in [1.54, 1.807) is 0 Å². The molecule has 6 atom stereocenters. The SMILES string of the molecule is CC(=O)N[C@H]1C(N[C@@H](CC(=O)O)C(=O)O)O[C@H](CO)[C@@H](O)[C@@H]1O. The fraction of sp³-hybridized carbons (Fsp3) is 0.750. The fourth-order valence-corrected chi connectivity index (χ4v) is 2.25. The van der Waals surface area contributed by atoms with Crippen LogP contribution in [0.1, 0.15) is 13.3 Å². The van der Waals surface area contributed by atoms with Crippen LogP contribution in [-0.2, 0) is 19.1 Å². The highest BCUT2D eigenvalue weighted by atomic mass is 16.5. The van der Waals surface area contributed by atoms with Crippen molar-refractivity contribution in [3.63, 3.8) is 0 Å². The third kappa shape index (κ3) is 5.11. The molecule has 1 saturated heterocycles. The van der Waals surface area contributed by atoms with Gasteiger partial charge in [0, 0.05) is 6.92 Å². The molecule has 0 aromatic carbocycles. The molecule has 0 spiro atoms. The lowest BCUT2D eigenvalue weighted by atomic mass is 9.95.